The minimum absolute atomic E-state index is 0.000767. The minimum Gasteiger partial charge on any atom is -0.348 e. The van der Waals surface area contributed by atoms with Crippen LogP contribution in [0.4, 0.5) is 0 Å². The average Bonchev–Trinajstić information content (AvgIpc) is 3.09. The minimum atomic E-state index is -0.000767. The number of hydrogen-bond acceptors (Lipinski definition) is 2. The van der Waals surface area contributed by atoms with E-state index < -0.39 is 0 Å². The van der Waals surface area contributed by atoms with Crippen molar-refractivity contribution in [2.75, 3.05) is 19.6 Å². The second-order valence-corrected chi connectivity index (χ2v) is 6.40. The molecule has 0 aromatic carbocycles. The molecule has 2 aliphatic heterocycles. The second-order valence-electron chi connectivity index (χ2n) is 6.40. The Morgan fingerprint density at radius 1 is 1.32 bits per heavy atom. The number of nitrogens with zero attached hydrogens (tertiary/aromatic N) is 2. The van der Waals surface area contributed by atoms with Crippen molar-refractivity contribution < 1.29 is 4.79 Å². The average molecular weight is 293 g/mol. The molecule has 0 spiro atoms. The molecule has 0 saturated carbocycles. The smallest absolute Gasteiger partial charge is 0.251 e. The van der Waals surface area contributed by atoms with Gasteiger partial charge in [0.25, 0.3) is 5.91 Å². The monoisotopic (exact) mass is 293 g/mol. The molecule has 2 saturated heterocycles. The molecule has 2 fully saturated rings. The SMILES string of the molecule is C#Cc1ccn2ccc(C(=O)N[C@@H]3C[C@@H]4CCN(C4)C3)cc12. The molecule has 0 aliphatic carbocycles. The largest absolute Gasteiger partial charge is 0.348 e. The van der Waals surface area contributed by atoms with E-state index in [-0.39, 0.29) is 11.9 Å². The van der Waals surface area contributed by atoms with E-state index in [4.69, 9.17) is 6.42 Å². The fourth-order valence-electron chi connectivity index (χ4n) is 3.79. The molecule has 1 amide bonds. The van der Waals surface area contributed by atoms with Crippen molar-refractivity contribution in [1.82, 2.24) is 14.6 Å². The molecule has 2 aromatic rings. The van der Waals surface area contributed by atoms with Gasteiger partial charge in [0, 0.05) is 42.7 Å². The van der Waals surface area contributed by atoms with Crippen LogP contribution in [0.1, 0.15) is 28.8 Å². The zero-order valence-electron chi connectivity index (χ0n) is 12.5. The van der Waals surface area contributed by atoms with Crippen molar-refractivity contribution in [1.29, 1.82) is 0 Å². The predicted molar refractivity (Wildman–Crippen MR) is 85.8 cm³/mol. The summed E-state index contributed by atoms with van der Waals surface area (Å²) < 4.78 is 1.94. The van der Waals surface area contributed by atoms with Gasteiger partial charge in [-0.05, 0) is 43.5 Å². The van der Waals surface area contributed by atoms with Crippen LogP contribution in [0, 0.1) is 18.3 Å². The van der Waals surface area contributed by atoms with E-state index in [2.05, 4.69) is 16.1 Å². The van der Waals surface area contributed by atoms with Crippen LogP contribution < -0.4 is 5.32 Å². The molecule has 4 heterocycles. The quantitative estimate of drug-likeness (QED) is 0.856. The summed E-state index contributed by atoms with van der Waals surface area (Å²) >= 11 is 0. The van der Waals surface area contributed by atoms with Crippen LogP contribution in [0.25, 0.3) is 5.52 Å². The van der Waals surface area contributed by atoms with Gasteiger partial charge in [-0.1, -0.05) is 5.92 Å². The van der Waals surface area contributed by atoms with E-state index in [1.54, 1.807) is 0 Å². The topological polar surface area (TPSA) is 36.8 Å². The zero-order chi connectivity index (χ0) is 15.1. The Balaban J connectivity index is 1.54. The number of hydrogen-bond donors (Lipinski definition) is 1. The van der Waals surface area contributed by atoms with Crippen LogP contribution in [0.3, 0.4) is 0 Å². The number of nitrogens with one attached hydrogen (secondary N) is 1. The van der Waals surface area contributed by atoms with E-state index in [1.807, 2.05) is 35.0 Å². The molecular formula is C18H19N3O. The fraction of sp³-hybridized carbons (Fsp3) is 0.389. The lowest BCUT2D eigenvalue weighted by atomic mass is 9.96. The van der Waals surface area contributed by atoms with Crippen molar-refractivity contribution in [3.63, 3.8) is 0 Å². The Kier molecular flexibility index (Phi) is 3.16. The normalized spacial score (nSPS) is 26.8. The summed E-state index contributed by atoms with van der Waals surface area (Å²) in [6.07, 6.45) is 11.7. The van der Waals surface area contributed by atoms with E-state index in [1.165, 1.54) is 19.5 Å². The van der Waals surface area contributed by atoms with Crippen molar-refractivity contribution in [2.45, 2.75) is 18.9 Å². The molecule has 4 nitrogen and oxygen atoms in total. The zero-order valence-corrected chi connectivity index (χ0v) is 12.5. The van der Waals surface area contributed by atoms with Gasteiger partial charge < -0.3 is 14.6 Å². The van der Waals surface area contributed by atoms with Gasteiger partial charge in [0.1, 0.15) is 0 Å². The fourth-order valence-corrected chi connectivity index (χ4v) is 3.79. The van der Waals surface area contributed by atoms with Crippen LogP contribution in [0.5, 0.6) is 0 Å². The van der Waals surface area contributed by atoms with Crippen LogP contribution >= 0.6 is 0 Å². The standard InChI is InChI=1S/C18H19N3O/c1-2-14-4-7-21-8-5-15(10-17(14)21)18(22)19-16-9-13-3-6-20(11-13)12-16/h1,4-5,7-8,10,13,16H,3,6,9,11-12H2,(H,19,22)/t13-,16+/m0/s1. The van der Waals surface area contributed by atoms with Gasteiger partial charge in [-0.2, -0.15) is 0 Å². The van der Waals surface area contributed by atoms with E-state index >= 15 is 0 Å². The summed E-state index contributed by atoms with van der Waals surface area (Å²) in [4.78, 5) is 15.0. The number of carbonyl (C=O) groups excluding carboxylic acids is 1. The molecule has 22 heavy (non-hydrogen) atoms. The number of terminal acetylenes is 1. The van der Waals surface area contributed by atoms with Gasteiger partial charge in [-0.25, -0.2) is 0 Å². The highest BCUT2D eigenvalue weighted by Crippen LogP contribution is 2.26. The van der Waals surface area contributed by atoms with Crippen LogP contribution in [-0.2, 0) is 0 Å². The number of amides is 1. The molecular weight excluding hydrogens is 274 g/mol. The number of pyridine rings is 1. The summed E-state index contributed by atoms with van der Waals surface area (Å²) in [6, 6.07) is 5.88. The third-order valence-electron chi connectivity index (χ3n) is 4.88. The molecule has 3 atom stereocenters. The lowest BCUT2D eigenvalue weighted by Crippen LogP contribution is -2.47. The Bertz CT molecular complexity index is 758. The maximum absolute atomic E-state index is 12.5. The van der Waals surface area contributed by atoms with Gasteiger partial charge in [0.2, 0.25) is 0 Å². The Labute approximate surface area is 130 Å². The molecule has 2 bridgehead atoms. The van der Waals surface area contributed by atoms with Gasteiger partial charge in [-0.3, -0.25) is 4.79 Å². The highest BCUT2D eigenvalue weighted by atomic mass is 16.1. The molecule has 1 N–H and O–H groups in total. The third kappa shape index (κ3) is 2.28. The molecule has 2 aliphatic rings. The molecule has 2 aromatic heterocycles. The lowest BCUT2D eigenvalue weighted by molar-refractivity contribution is 0.0909. The van der Waals surface area contributed by atoms with Gasteiger partial charge in [0.15, 0.2) is 0 Å². The first-order valence-corrected chi connectivity index (χ1v) is 7.83. The van der Waals surface area contributed by atoms with Crippen LogP contribution in [-0.4, -0.2) is 40.9 Å². The first-order valence-electron chi connectivity index (χ1n) is 7.83. The number of fused-ring (bicyclic) bond motifs is 3. The van der Waals surface area contributed by atoms with Crippen molar-refractivity contribution in [2.24, 2.45) is 5.92 Å². The van der Waals surface area contributed by atoms with E-state index in [0.717, 1.165) is 30.0 Å². The van der Waals surface area contributed by atoms with Crippen molar-refractivity contribution >= 4 is 11.4 Å². The van der Waals surface area contributed by atoms with E-state index in [9.17, 15) is 4.79 Å². The number of rotatable bonds is 2. The lowest BCUT2D eigenvalue weighted by Gasteiger charge is -2.30. The molecule has 1 unspecified atom stereocenters. The summed E-state index contributed by atoms with van der Waals surface area (Å²) in [6.45, 7) is 3.36. The summed E-state index contributed by atoms with van der Waals surface area (Å²) in [5, 5.41) is 3.19. The maximum atomic E-state index is 12.5. The van der Waals surface area contributed by atoms with Crippen LogP contribution in [0.15, 0.2) is 30.6 Å². The van der Waals surface area contributed by atoms with E-state index in [0.29, 0.717) is 5.56 Å². The van der Waals surface area contributed by atoms with Gasteiger partial charge in [-0.15, -0.1) is 6.42 Å². The highest BCUT2D eigenvalue weighted by molar-refractivity contribution is 5.95. The number of aromatic nitrogens is 1. The van der Waals surface area contributed by atoms with Gasteiger partial charge in [0.05, 0.1) is 5.52 Å². The van der Waals surface area contributed by atoms with Crippen molar-refractivity contribution in [3.05, 3.63) is 41.7 Å². The predicted octanol–water partition coefficient (Wildman–Crippen LogP) is 1.74. The first-order chi connectivity index (χ1) is 10.7. The Morgan fingerprint density at radius 3 is 3.00 bits per heavy atom. The molecule has 112 valence electrons. The second kappa shape index (κ2) is 5.19. The summed E-state index contributed by atoms with van der Waals surface area (Å²) in [7, 11) is 0. The maximum Gasteiger partial charge on any atom is 0.251 e. The first kappa shape index (κ1) is 13.4. The Morgan fingerprint density at radius 2 is 2.18 bits per heavy atom. The number of carbonyl (C=O) groups is 1. The molecule has 0 radical (unpaired) electrons. The summed E-state index contributed by atoms with van der Waals surface area (Å²) in [5.74, 6) is 3.41. The number of piperidine rings is 1. The van der Waals surface area contributed by atoms with Gasteiger partial charge >= 0.3 is 0 Å². The van der Waals surface area contributed by atoms with Crippen molar-refractivity contribution in [3.8, 4) is 12.3 Å². The molecule has 4 heteroatoms. The van der Waals surface area contributed by atoms with Crippen LogP contribution in [0.2, 0.25) is 0 Å². The Hall–Kier alpha value is -2.25. The highest BCUT2D eigenvalue weighted by Gasteiger charge is 2.32. The third-order valence-corrected chi connectivity index (χ3v) is 4.88. The molecule has 4 rings (SSSR count). The summed E-state index contributed by atoms with van der Waals surface area (Å²) in [5.41, 5.74) is 2.40.